The van der Waals surface area contributed by atoms with Gasteiger partial charge in [-0.1, -0.05) is 0 Å². The fourth-order valence-electron chi connectivity index (χ4n) is 4.51. The molecule has 2 aliphatic rings. The van der Waals surface area contributed by atoms with Crippen LogP contribution in [0.1, 0.15) is 18.2 Å². The first-order valence-corrected chi connectivity index (χ1v) is 12.2. The maximum absolute atomic E-state index is 13.2. The smallest absolute Gasteiger partial charge is 0.309 e. The van der Waals surface area contributed by atoms with E-state index in [1.807, 2.05) is 12.1 Å². The van der Waals surface area contributed by atoms with Gasteiger partial charge in [0.25, 0.3) is 0 Å². The Morgan fingerprint density at radius 3 is 2.34 bits per heavy atom. The summed E-state index contributed by atoms with van der Waals surface area (Å²) in [5.41, 5.74) is 0.985. The predicted octanol–water partition coefficient (Wildman–Crippen LogP) is 1.24. The standard InChI is InChI=1S/C25H34FN5O4/c26-20-4-6-21(7-5-20)30-10-12-31(13-11-30)22(23-3-1-16-35-23)19-28-25(33)24(32)27-8-2-9-29-14-17-34-18-15-29/h1,3-7,16,22H,2,8-15,17-19H2,(H,27,32)(H,28,33). The van der Waals surface area contributed by atoms with E-state index in [1.54, 1.807) is 18.4 Å². The summed E-state index contributed by atoms with van der Waals surface area (Å²) in [5, 5.41) is 5.48. The Hall–Kier alpha value is -2.95. The van der Waals surface area contributed by atoms with E-state index >= 15 is 0 Å². The molecule has 0 bridgehead atoms. The van der Waals surface area contributed by atoms with Crippen LogP contribution in [0.2, 0.25) is 0 Å². The van der Waals surface area contributed by atoms with Crippen molar-refractivity contribution in [2.75, 3.05) is 77.0 Å². The first-order valence-electron chi connectivity index (χ1n) is 12.2. The summed E-state index contributed by atoms with van der Waals surface area (Å²) in [6.45, 7) is 7.90. The Morgan fingerprint density at radius 2 is 1.66 bits per heavy atom. The first-order chi connectivity index (χ1) is 17.1. The number of hydrogen-bond donors (Lipinski definition) is 2. The lowest BCUT2D eigenvalue weighted by atomic mass is 10.1. The molecule has 4 rings (SSSR count). The molecule has 1 aromatic heterocycles. The second kappa shape index (κ2) is 12.7. The van der Waals surface area contributed by atoms with E-state index in [2.05, 4.69) is 25.3 Å². The molecule has 9 nitrogen and oxygen atoms in total. The number of halogens is 1. The molecule has 2 fully saturated rings. The fourth-order valence-corrected chi connectivity index (χ4v) is 4.51. The largest absolute Gasteiger partial charge is 0.468 e. The number of ether oxygens (including phenoxy) is 1. The minimum atomic E-state index is -0.641. The van der Waals surface area contributed by atoms with Gasteiger partial charge < -0.3 is 24.7 Å². The molecule has 190 valence electrons. The topological polar surface area (TPSA) is 90.3 Å². The number of benzene rings is 1. The first kappa shape index (κ1) is 25.2. The highest BCUT2D eigenvalue weighted by Gasteiger charge is 2.28. The number of anilines is 1. The van der Waals surface area contributed by atoms with Crippen LogP contribution in [-0.4, -0.2) is 93.7 Å². The molecule has 1 unspecified atom stereocenters. The Balaban J connectivity index is 1.23. The van der Waals surface area contributed by atoms with Crippen LogP contribution in [0.15, 0.2) is 47.1 Å². The van der Waals surface area contributed by atoms with Gasteiger partial charge in [0.2, 0.25) is 0 Å². The van der Waals surface area contributed by atoms with Gasteiger partial charge in [-0.05, 0) is 49.4 Å². The number of hydrogen-bond acceptors (Lipinski definition) is 7. The highest BCUT2D eigenvalue weighted by Crippen LogP contribution is 2.24. The average Bonchev–Trinajstić information content (AvgIpc) is 3.43. The van der Waals surface area contributed by atoms with E-state index in [0.29, 0.717) is 6.54 Å². The van der Waals surface area contributed by atoms with Gasteiger partial charge in [0, 0.05) is 58.0 Å². The second-order valence-corrected chi connectivity index (χ2v) is 8.80. The third kappa shape index (κ3) is 7.27. The van der Waals surface area contributed by atoms with Crippen LogP contribution in [0.5, 0.6) is 0 Å². The number of morpholine rings is 1. The van der Waals surface area contributed by atoms with Gasteiger partial charge in [-0.15, -0.1) is 0 Å². The zero-order valence-electron chi connectivity index (χ0n) is 20.0. The molecule has 3 heterocycles. The highest BCUT2D eigenvalue weighted by atomic mass is 19.1. The van der Waals surface area contributed by atoms with E-state index in [-0.39, 0.29) is 18.4 Å². The molecule has 0 radical (unpaired) electrons. The van der Waals surface area contributed by atoms with Crippen LogP contribution in [0.3, 0.4) is 0 Å². The number of nitrogens with zero attached hydrogens (tertiary/aromatic N) is 3. The van der Waals surface area contributed by atoms with Crippen LogP contribution < -0.4 is 15.5 Å². The lowest BCUT2D eigenvalue weighted by molar-refractivity contribution is -0.139. The monoisotopic (exact) mass is 487 g/mol. The zero-order valence-corrected chi connectivity index (χ0v) is 20.0. The van der Waals surface area contributed by atoms with Crippen molar-refractivity contribution in [3.05, 3.63) is 54.2 Å². The third-order valence-electron chi connectivity index (χ3n) is 6.52. The van der Waals surface area contributed by atoms with Gasteiger partial charge in [-0.25, -0.2) is 4.39 Å². The van der Waals surface area contributed by atoms with Gasteiger partial charge in [0.15, 0.2) is 0 Å². The van der Waals surface area contributed by atoms with Crippen LogP contribution in [0.25, 0.3) is 0 Å². The molecule has 0 aliphatic carbocycles. The van der Waals surface area contributed by atoms with Crippen molar-refractivity contribution in [2.24, 2.45) is 0 Å². The van der Waals surface area contributed by atoms with Crippen molar-refractivity contribution < 1.29 is 23.1 Å². The summed E-state index contributed by atoms with van der Waals surface area (Å²) < 4.78 is 24.2. The van der Waals surface area contributed by atoms with Crippen molar-refractivity contribution in [1.29, 1.82) is 0 Å². The maximum atomic E-state index is 13.2. The predicted molar refractivity (Wildman–Crippen MR) is 130 cm³/mol. The minimum absolute atomic E-state index is 0.182. The van der Waals surface area contributed by atoms with E-state index in [0.717, 1.165) is 76.9 Å². The molecule has 2 saturated heterocycles. The molecule has 2 N–H and O–H groups in total. The lowest BCUT2D eigenvalue weighted by Crippen LogP contribution is -2.50. The van der Waals surface area contributed by atoms with Gasteiger partial charge in [0.1, 0.15) is 11.6 Å². The summed E-state index contributed by atoms with van der Waals surface area (Å²) in [4.78, 5) is 31.4. The number of amides is 2. The third-order valence-corrected chi connectivity index (χ3v) is 6.52. The van der Waals surface area contributed by atoms with Crippen molar-refractivity contribution in [2.45, 2.75) is 12.5 Å². The highest BCUT2D eigenvalue weighted by molar-refractivity contribution is 6.35. The van der Waals surface area contributed by atoms with Crippen LogP contribution in [-0.2, 0) is 14.3 Å². The van der Waals surface area contributed by atoms with Crippen molar-refractivity contribution in [1.82, 2.24) is 20.4 Å². The van der Waals surface area contributed by atoms with E-state index in [4.69, 9.17) is 9.15 Å². The normalized spacial score (nSPS) is 18.3. The Kier molecular flexibility index (Phi) is 9.10. The van der Waals surface area contributed by atoms with Crippen LogP contribution >= 0.6 is 0 Å². The van der Waals surface area contributed by atoms with Gasteiger partial charge in [-0.3, -0.25) is 19.4 Å². The summed E-state index contributed by atoms with van der Waals surface area (Å²) in [6.07, 6.45) is 2.40. The lowest BCUT2D eigenvalue weighted by Gasteiger charge is -2.39. The maximum Gasteiger partial charge on any atom is 0.309 e. The molecular formula is C25H34FN5O4. The van der Waals surface area contributed by atoms with Gasteiger partial charge in [0.05, 0.1) is 25.5 Å². The SMILES string of the molecule is O=C(NCCCN1CCOCC1)C(=O)NCC(c1ccco1)N1CCN(c2ccc(F)cc2)CC1. The number of nitrogens with one attached hydrogen (secondary N) is 2. The fraction of sp³-hybridized carbons (Fsp3) is 0.520. The van der Waals surface area contributed by atoms with E-state index < -0.39 is 11.8 Å². The number of piperazine rings is 1. The van der Waals surface area contributed by atoms with Gasteiger partial charge in [-0.2, -0.15) is 0 Å². The molecule has 2 aromatic rings. The zero-order chi connectivity index (χ0) is 24.5. The van der Waals surface area contributed by atoms with E-state index in [1.165, 1.54) is 12.1 Å². The molecular weight excluding hydrogens is 453 g/mol. The molecule has 2 amide bonds. The summed E-state index contributed by atoms with van der Waals surface area (Å²) in [6, 6.07) is 10.0. The van der Waals surface area contributed by atoms with Crippen molar-refractivity contribution >= 4 is 17.5 Å². The van der Waals surface area contributed by atoms with Gasteiger partial charge >= 0.3 is 11.8 Å². The molecule has 0 saturated carbocycles. The minimum Gasteiger partial charge on any atom is -0.468 e. The Labute approximate surface area is 205 Å². The number of carbonyl (C=O) groups is 2. The Bertz CT molecular complexity index is 926. The quantitative estimate of drug-likeness (QED) is 0.406. The summed E-state index contributed by atoms with van der Waals surface area (Å²) in [5.74, 6) is -0.766. The average molecular weight is 488 g/mol. The number of furan rings is 1. The molecule has 2 aliphatic heterocycles. The summed E-state index contributed by atoms with van der Waals surface area (Å²) in [7, 11) is 0. The van der Waals surface area contributed by atoms with Crippen molar-refractivity contribution in [3.63, 3.8) is 0 Å². The molecule has 10 heteroatoms. The van der Waals surface area contributed by atoms with Crippen molar-refractivity contribution in [3.8, 4) is 0 Å². The summed E-state index contributed by atoms with van der Waals surface area (Å²) >= 11 is 0. The number of rotatable bonds is 9. The number of carbonyl (C=O) groups excluding carboxylic acids is 2. The van der Waals surface area contributed by atoms with Crippen LogP contribution in [0, 0.1) is 5.82 Å². The molecule has 1 aromatic carbocycles. The molecule has 1 atom stereocenters. The Morgan fingerprint density at radius 1 is 0.943 bits per heavy atom. The second-order valence-electron chi connectivity index (χ2n) is 8.80. The van der Waals surface area contributed by atoms with Crippen LogP contribution in [0.4, 0.5) is 10.1 Å². The van der Waals surface area contributed by atoms with E-state index in [9.17, 15) is 14.0 Å². The molecule has 35 heavy (non-hydrogen) atoms. The molecule has 0 spiro atoms.